The molecule has 2 heterocycles. The minimum absolute atomic E-state index is 0.386. The van der Waals surface area contributed by atoms with Crippen molar-refractivity contribution in [2.24, 2.45) is 0 Å². The molecule has 0 radical (unpaired) electrons. The number of aromatic nitrogens is 2. The topological polar surface area (TPSA) is 87.9 Å². The summed E-state index contributed by atoms with van der Waals surface area (Å²) >= 11 is 12.2. The fraction of sp³-hybridized carbons (Fsp3) is 0.308. The number of hydrogen-bond acceptors (Lipinski definition) is 6. The monoisotopic (exact) mass is 494 g/mol. The van der Waals surface area contributed by atoms with Gasteiger partial charge in [0.15, 0.2) is 0 Å². The smallest absolute Gasteiger partial charge is 0.128 e. The van der Waals surface area contributed by atoms with Crippen molar-refractivity contribution in [2.45, 2.75) is 43.6 Å². The molecule has 4 aromatic rings. The molecule has 6 nitrogen and oxygen atoms in total. The van der Waals surface area contributed by atoms with E-state index in [-0.39, 0.29) is 0 Å². The predicted molar refractivity (Wildman–Crippen MR) is 145 cm³/mol. The predicted octanol–water partition coefficient (Wildman–Crippen LogP) is 6.63. The Balaban J connectivity index is 1.29. The van der Waals surface area contributed by atoms with Gasteiger partial charge in [-0.05, 0) is 55.5 Å². The molecule has 5 rings (SSSR count). The summed E-state index contributed by atoms with van der Waals surface area (Å²) in [5.74, 6) is 1.80. The summed E-state index contributed by atoms with van der Waals surface area (Å²) in [6.07, 6.45) is 4.27. The molecule has 1 aliphatic carbocycles. The number of alkyl halides is 1. The van der Waals surface area contributed by atoms with Crippen LogP contribution in [0.3, 0.4) is 0 Å². The number of fused-ring (bicyclic) bond motifs is 2. The van der Waals surface area contributed by atoms with E-state index in [1.54, 1.807) is 0 Å². The highest BCUT2D eigenvalue weighted by Gasteiger charge is 2.22. The molecule has 0 saturated heterocycles. The second kappa shape index (κ2) is 9.72. The zero-order valence-electron chi connectivity index (χ0n) is 19.0. The molecule has 0 aliphatic heterocycles. The summed E-state index contributed by atoms with van der Waals surface area (Å²) in [4.78, 5) is 9.13. The van der Waals surface area contributed by atoms with Gasteiger partial charge in [-0.3, -0.25) is 0 Å². The number of halogens is 2. The number of nitrogens with one attached hydrogen (secondary N) is 3. The average Bonchev–Trinajstić information content (AvgIpc) is 2.84. The van der Waals surface area contributed by atoms with Crippen molar-refractivity contribution in [3.63, 3.8) is 0 Å². The van der Waals surface area contributed by atoms with Gasteiger partial charge in [0.05, 0.1) is 11.0 Å². The lowest BCUT2D eigenvalue weighted by Crippen LogP contribution is -2.32. The van der Waals surface area contributed by atoms with E-state index < -0.39 is 0 Å². The van der Waals surface area contributed by atoms with Gasteiger partial charge in [0.1, 0.15) is 11.6 Å². The summed E-state index contributed by atoms with van der Waals surface area (Å²) in [6, 6.07) is 16.8. The second-order valence-corrected chi connectivity index (χ2v) is 9.59. The average molecular weight is 495 g/mol. The van der Waals surface area contributed by atoms with Gasteiger partial charge in [-0.25, -0.2) is 9.97 Å². The van der Waals surface area contributed by atoms with Crippen LogP contribution in [-0.4, -0.2) is 29.1 Å². The van der Waals surface area contributed by atoms with Gasteiger partial charge in [0, 0.05) is 64.3 Å². The number of hydrogen-bond donors (Lipinski definition) is 4. The van der Waals surface area contributed by atoms with Crippen molar-refractivity contribution >= 4 is 68.0 Å². The van der Waals surface area contributed by atoms with Crippen LogP contribution in [0.1, 0.15) is 31.2 Å². The highest BCUT2D eigenvalue weighted by Crippen LogP contribution is 2.32. The first-order chi connectivity index (χ1) is 16.5. The first-order valence-electron chi connectivity index (χ1n) is 11.6. The molecular weight excluding hydrogens is 467 g/mol. The number of nitrogens with two attached hydrogens (primary N) is 1. The molecule has 1 saturated carbocycles. The molecule has 34 heavy (non-hydrogen) atoms. The Labute approximate surface area is 209 Å². The Morgan fingerprint density at radius 1 is 0.853 bits per heavy atom. The highest BCUT2D eigenvalue weighted by molar-refractivity contribution is 6.31. The number of nitrogen functional groups attached to an aromatic ring is 1. The molecule has 176 valence electrons. The first kappa shape index (κ1) is 22.8. The SMILES string of the molecule is CNc1cc(NC2CCC(Nc3cc(N)nc4cc(CCl)ccc34)CC2)c2ccc(Cl)cc2n1. The largest absolute Gasteiger partial charge is 0.384 e. The van der Waals surface area contributed by atoms with Gasteiger partial charge in [-0.15, -0.1) is 11.6 Å². The molecule has 0 atom stereocenters. The van der Waals surface area contributed by atoms with Crippen LogP contribution in [0.25, 0.3) is 21.8 Å². The van der Waals surface area contributed by atoms with Gasteiger partial charge < -0.3 is 21.7 Å². The molecule has 0 bridgehead atoms. The maximum absolute atomic E-state index is 6.20. The molecule has 8 heteroatoms. The standard InChI is InChI=1S/C26H28Cl2N6/c1-30-26-13-24(20-9-3-16(28)11-22(20)34-26)32-18-6-4-17(5-7-18)31-23-12-25(29)33-21-10-15(14-27)2-8-19(21)23/h2-3,8-13,17-18H,4-7,14H2,1H3,(H3,29,31,33)(H2,30,32,34). The zero-order chi connectivity index (χ0) is 23.7. The maximum Gasteiger partial charge on any atom is 0.128 e. The summed E-state index contributed by atoms with van der Waals surface area (Å²) in [6.45, 7) is 0. The minimum Gasteiger partial charge on any atom is -0.384 e. The number of rotatable bonds is 6. The van der Waals surface area contributed by atoms with Crippen molar-refractivity contribution in [1.29, 1.82) is 0 Å². The van der Waals surface area contributed by atoms with Gasteiger partial charge in [-0.2, -0.15) is 0 Å². The first-order valence-corrected chi connectivity index (χ1v) is 12.5. The zero-order valence-corrected chi connectivity index (χ0v) is 20.5. The molecule has 2 aromatic heterocycles. The van der Waals surface area contributed by atoms with E-state index >= 15 is 0 Å². The van der Waals surface area contributed by atoms with E-state index in [1.165, 1.54) is 0 Å². The number of benzene rings is 2. The third-order valence-electron chi connectivity index (χ3n) is 6.52. The summed E-state index contributed by atoms with van der Waals surface area (Å²) < 4.78 is 0. The van der Waals surface area contributed by atoms with E-state index in [0.717, 1.165) is 70.2 Å². The van der Waals surface area contributed by atoms with Gasteiger partial charge >= 0.3 is 0 Å². The normalized spacial score (nSPS) is 18.2. The number of pyridine rings is 2. The van der Waals surface area contributed by atoms with Gasteiger partial charge in [0.25, 0.3) is 0 Å². The fourth-order valence-corrected chi connectivity index (χ4v) is 5.10. The molecule has 5 N–H and O–H groups in total. The van der Waals surface area contributed by atoms with E-state index in [2.05, 4.69) is 38.1 Å². The van der Waals surface area contributed by atoms with E-state index in [1.807, 2.05) is 43.4 Å². The Kier molecular flexibility index (Phi) is 6.53. The van der Waals surface area contributed by atoms with E-state index in [4.69, 9.17) is 28.9 Å². The van der Waals surface area contributed by atoms with Crippen molar-refractivity contribution in [2.75, 3.05) is 28.7 Å². The minimum atomic E-state index is 0.386. The maximum atomic E-state index is 6.20. The molecule has 1 aliphatic rings. The summed E-state index contributed by atoms with van der Waals surface area (Å²) in [7, 11) is 1.88. The molecule has 2 aromatic carbocycles. The Morgan fingerprint density at radius 2 is 1.47 bits per heavy atom. The van der Waals surface area contributed by atoms with Crippen LogP contribution in [0, 0.1) is 0 Å². The van der Waals surface area contributed by atoms with Crippen molar-refractivity contribution in [3.05, 3.63) is 59.1 Å². The Morgan fingerprint density at radius 3 is 2.12 bits per heavy atom. The highest BCUT2D eigenvalue weighted by atomic mass is 35.5. The van der Waals surface area contributed by atoms with Crippen LogP contribution < -0.4 is 21.7 Å². The van der Waals surface area contributed by atoms with Gasteiger partial charge in [-0.1, -0.05) is 23.7 Å². The molecule has 0 unspecified atom stereocenters. The lowest BCUT2D eigenvalue weighted by molar-refractivity contribution is 0.429. The van der Waals surface area contributed by atoms with E-state index in [9.17, 15) is 0 Å². The third kappa shape index (κ3) is 4.79. The second-order valence-electron chi connectivity index (χ2n) is 8.88. The lowest BCUT2D eigenvalue weighted by Gasteiger charge is -2.31. The molecule has 0 spiro atoms. The number of anilines is 4. The van der Waals surface area contributed by atoms with Crippen LogP contribution in [0.4, 0.5) is 23.0 Å². The Bertz CT molecular complexity index is 1330. The fourth-order valence-electron chi connectivity index (χ4n) is 4.77. The quantitative estimate of drug-likeness (QED) is 0.225. The lowest BCUT2D eigenvalue weighted by atomic mass is 9.90. The molecule has 1 fully saturated rings. The molecular formula is C26H28Cl2N6. The van der Waals surface area contributed by atoms with Crippen LogP contribution in [-0.2, 0) is 5.88 Å². The molecule has 0 amide bonds. The van der Waals surface area contributed by atoms with E-state index in [0.29, 0.717) is 28.8 Å². The van der Waals surface area contributed by atoms with Crippen molar-refractivity contribution in [3.8, 4) is 0 Å². The summed E-state index contributed by atoms with van der Waals surface area (Å²) in [5.41, 5.74) is 11.0. The van der Waals surface area contributed by atoms with Crippen molar-refractivity contribution < 1.29 is 0 Å². The summed E-state index contributed by atoms with van der Waals surface area (Å²) in [5, 5.41) is 13.5. The van der Waals surface area contributed by atoms with Gasteiger partial charge in [0.2, 0.25) is 0 Å². The Hall–Kier alpha value is -2.96. The van der Waals surface area contributed by atoms with Crippen LogP contribution in [0.15, 0.2) is 48.5 Å². The number of nitrogens with zero attached hydrogens (tertiary/aromatic N) is 2. The van der Waals surface area contributed by atoms with Crippen LogP contribution in [0.2, 0.25) is 5.02 Å². The van der Waals surface area contributed by atoms with Crippen LogP contribution >= 0.6 is 23.2 Å². The van der Waals surface area contributed by atoms with Crippen molar-refractivity contribution in [1.82, 2.24) is 9.97 Å². The third-order valence-corrected chi connectivity index (χ3v) is 7.07. The van der Waals surface area contributed by atoms with Crippen LogP contribution in [0.5, 0.6) is 0 Å².